The lowest BCUT2D eigenvalue weighted by atomic mass is 10.2. The molecule has 0 saturated carbocycles. The minimum atomic E-state index is 0.686. The van der Waals surface area contributed by atoms with Gasteiger partial charge in [-0.3, -0.25) is 0 Å². The van der Waals surface area contributed by atoms with Gasteiger partial charge in [-0.05, 0) is 40.5 Å². The van der Waals surface area contributed by atoms with Gasteiger partial charge in [0.2, 0.25) is 0 Å². The molecule has 2 rings (SSSR count). The van der Waals surface area contributed by atoms with Gasteiger partial charge in [0.1, 0.15) is 5.82 Å². The van der Waals surface area contributed by atoms with Crippen LogP contribution in [-0.2, 0) is 0 Å². The summed E-state index contributed by atoms with van der Waals surface area (Å²) in [7, 11) is 0. The van der Waals surface area contributed by atoms with E-state index in [9.17, 15) is 0 Å². The van der Waals surface area contributed by atoms with E-state index in [1.807, 2.05) is 24.4 Å². The first-order valence-corrected chi connectivity index (χ1v) is 6.05. The zero-order chi connectivity index (χ0) is 10.8. The van der Waals surface area contributed by atoms with Gasteiger partial charge in [-0.2, -0.15) is 0 Å². The van der Waals surface area contributed by atoms with Crippen molar-refractivity contribution in [1.82, 2.24) is 4.98 Å². The number of thiophene rings is 1. The summed E-state index contributed by atoms with van der Waals surface area (Å²) in [6, 6.07) is 3.92. The minimum Gasteiger partial charge on any atom is -0.397 e. The molecule has 0 atom stereocenters. The second-order valence-electron chi connectivity index (χ2n) is 3.19. The molecule has 0 aliphatic carbocycles. The number of hydrogen-bond acceptors (Lipinski definition) is 4. The van der Waals surface area contributed by atoms with Gasteiger partial charge >= 0.3 is 0 Å². The standard InChI is InChI=1S/C10H10BrN3S/c1-6-2-8(12)4-13-10(6)14-9-3-7(11)5-15-9/h2-5H,12H2,1H3,(H,13,14). The molecule has 0 bridgehead atoms. The fourth-order valence-corrected chi connectivity index (χ4v) is 2.54. The molecule has 0 amide bonds. The van der Waals surface area contributed by atoms with Crippen LogP contribution in [0, 0.1) is 6.92 Å². The van der Waals surface area contributed by atoms with Gasteiger partial charge in [0.15, 0.2) is 0 Å². The number of nitrogens with two attached hydrogens (primary N) is 1. The van der Waals surface area contributed by atoms with Crippen LogP contribution >= 0.6 is 27.3 Å². The van der Waals surface area contributed by atoms with Crippen molar-refractivity contribution in [1.29, 1.82) is 0 Å². The molecule has 2 aromatic heterocycles. The zero-order valence-electron chi connectivity index (χ0n) is 8.12. The van der Waals surface area contributed by atoms with Crippen LogP contribution in [0.3, 0.4) is 0 Å². The van der Waals surface area contributed by atoms with E-state index in [4.69, 9.17) is 5.73 Å². The van der Waals surface area contributed by atoms with Gasteiger partial charge in [-0.25, -0.2) is 4.98 Å². The Hall–Kier alpha value is -1.07. The maximum absolute atomic E-state index is 5.63. The number of rotatable bonds is 2. The smallest absolute Gasteiger partial charge is 0.133 e. The van der Waals surface area contributed by atoms with E-state index >= 15 is 0 Å². The van der Waals surface area contributed by atoms with Crippen LogP contribution < -0.4 is 11.1 Å². The maximum atomic E-state index is 5.63. The summed E-state index contributed by atoms with van der Waals surface area (Å²) in [5.41, 5.74) is 7.36. The number of nitrogens with one attached hydrogen (secondary N) is 1. The molecule has 3 nitrogen and oxygen atoms in total. The predicted molar refractivity (Wildman–Crippen MR) is 68.7 cm³/mol. The lowest BCUT2D eigenvalue weighted by Gasteiger charge is -2.06. The molecule has 0 aromatic carbocycles. The van der Waals surface area contributed by atoms with Crippen molar-refractivity contribution in [2.24, 2.45) is 0 Å². The van der Waals surface area contributed by atoms with Crippen molar-refractivity contribution in [2.75, 3.05) is 11.1 Å². The second-order valence-corrected chi connectivity index (χ2v) is 5.02. The Morgan fingerprint density at radius 1 is 1.47 bits per heavy atom. The molecule has 0 radical (unpaired) electrons. The van der Waals surface area contributed by atoms with E-state index in [0.717, 1.165) is 20.9 Å². The number of nitrogen functional groups attached to an aromatic ring is 1. The molecule has 5 heteroatoms. The first kappa shape index (κ1) is 10.4. The highest BCUT2D eigenvalue weighted by atomic mass is 79.9. The fourth-order valence-electron chi connectivity index (χ4n) is 1.22. The molecule has 0 unspecified atom stereocenters. The summed E-state index contributed by atoms with van der Waals surface area (Å²) >= 11 is 5.03. The predicted octanol–water partition coefficient (Wildman–Crippen LogP) is 3.54. The van der Waals surface area contributed by atoms with Gasteiger partial charge in [-0.1, -0.05) is 0 Å². The Labute approximate surface area is 100 Å². The molecule has 0 fully saturated rings. The van der Waals surface area contributed by atoms with Crippen LogP contribution in [0.5, 0.6) is 0 Å². The largest absolute Gasteiger partial charge is 0.397 e. The molecule has 0 aliphatic heterocycles. The summed E-state index contributed by atoms with van der Waals surface area (Å²) in [6.07, 6.45) is 1.65. The van der Waals surface area contributed by atoms with Crippen LogP contribution in [0.1, 0.15) is 5.56 Å². The molecule has 78 valence electrons. The second kappa shape index (κ2) is 4.20. The highest BCUT2D eigenvalue weighted by Gasteiger charge is 2.02. The summed E-state index contributed by atoms with van der Waals surface area (Å²) in [4.78, 5) is 4.24. The Balaban J connectivity index is 2.24. The number of halogens is 1. The third-order valence-electron chi connectivity index (χ3n) is 1.91. The van der Waals surface area contributed by atoms with E-state index in [-0.39, 0.29) is 0 Å². The van der Waals surface area contributed by atoms with Crippen LogP contribution in [0.15, 0.2) is 28.2 Å². The minimum absolute atomic E-state index is 0.686. The molecule has 3 N–H and O–H groups in total. The summed E-state index contributed by atoms with van der Waals surface area (Å²) in [6.45, 7) is 1.98. The molecule has 0 aliphatic rings. The topological polar surface area (TPSA) is 50.9 Å². The molecule has 2 aromatic rings. The SMILES string of the molecule is Cc1cc(N)cnc1Nc1cc(Br)cs1. The van der Waals surface area contributed by atoms with E-state index in [1.54, 1.807) is 17.5 Å². The van der Waals surface area contributed by atoms with Gasteiger partial charge < -0.3 is 11.1 Å². The highest BCUT2D eigenvalue weighted by molar-refractivity contribution is 9.10. The van der Waals surface area contributed by atoms with Crippen LogP contribution in [0.2, 0.25) is 0 Å². The lowest BCUT2D eigenvalue weighted by Crippen LogP contribution is -1.96. The summed E-state index contributed by atoms with van der Waals surface area (Å²) < 4.78 is 1.07. The summed E-state index contributed by atoms with van der Waals surface area (Å²) in [5.74, 6) is 0.846. The molecule has 2 heterocycles. The van der Waals surface area contributed by atoms with Crippen molar-refractivity contribution in [3.8, 4) is 0 Å². The van der Waals surface area contributed by atoms with Crippen molar-refractivity contribution in [3.05, 3.63) is 33.7 Å². The first-order valence-electron chi connectivity index (χ1n) is 4.38. The Morgan fingerprint density at radius 3 is 2.87 bits per heavy atom. The highest BCUT2D eigenvalue weighted by Crippen LogP contribution is 2.28. The van der Waals surface area contributed by atoms with E-state index in [1.165, 1.54) is 0 Å². The third kappa shape index (κ3) is 2.49. The average Bonchev–Trinajstić information content (AvgIpc) is 2.56. The Kier molecular flexibility index (Phi) is 2.93. The number of aromatic nitrogens is 1. The quantitative estimate of drug-likeness (QED) is 0.886. The Bertz CT molecular complexity index is 481. The lowest BCUT2D eigenvalue weighted by molar-refractivity contribution is 1.26. The van der Waals surface area contributed by atoms with Crippen LogP contribution in [-0.4, -0.2) is 4.98 Å². The summed E-state index contributed by atoms with van der Waals surface area (Å²) in [5, 5.41) is 6.32. The molecule has 0 saturated heterocycles. The van der Waals surface area contributed by atoms with E-state index in [2.05, 4.69) is 26.2 Å². The van der Waals surface area contributed by atoms with Gasteiger partial charge in [0.05, 0.1) is 16.9 Å². The zero-order valence-corrected chi connectivity index (χ0v) is 10.5. The number of aryl methyl sites for hydroxylation is 1. The van der Waals surface area contributed by atoms with Crippen molar-refractivity contribution < 1.29 is 0 Å². The van der Waals surface area contributed by atoms with Crippen molar-refractivity contribution >= 4 is 43.8 Å². The van der Waals surface area contributed by atoms with Crippen LogP contribution in [0.25, 0.3) is 0 Å². The molecular weight excluding hydrogens is 274 g/mol. The van der Waals surface area contributed by atoms with E-state index in [0.29, 0.717) is 5.69 Å². The van der Waals surface area contributed by atoms with Crippen molar-refractivity contribution in [2.45, 2.75) is 6.92 Å². The third-order valence-corrected chi connectivity index (χ3v) is 3.51. The normalized spacial score (nSPS) is 10.3. The average molecular weight is 284 g/mol. The first-order chi connectivity index (χ1) is 7.15. The van der Waals surface area contributed by atoms with Crippen LogP contribution in [0.4, 0.5) is 16.5 Å². The van der Waals surface area contributed by atoms with Gasteiger partial charge in [0, 0.05) is 9.85 Å². The monoisotopic (exact) mass is 283 g/mol. The van der Waals surface area contributed by atoms with E-state index < -0.39 is 0 Å². The number of nitrogens with zero attached hydrogens (tertiary/aromatic N) is 1. The molecular formula is C10H10BrN3S. The number of hydrogen-bond donors (Lipinski definition) is 2. The number of pyridine rings is 1. The Morgan fingerprint density at radius 2 is 2.27 bits per heavy atom. The molecule has 15 heavy (non-hydrogen) atoms. The van der Waals surface area contributed by atoms with Gasteiger partial charge in [0.25, 0.3) is 0 Å². The van der Waals surface area contributed by atoms with Crippen molar-refractivity contribution in [3.63, 3.8) is 0 Å². The van der Waals surface area contributed by atoms with Gasteiger partial charge in [-0.15, -0.1) is 11.3 Å². The maximum Gasteiger partial charge on any atom is 0.133 e. The fraction of sp³-hybridized carbons (Fsp3) is 0.100. The number of anilines is 3. The molecule has 0 spiro atoms.